The monoisotopic (exact) mass is 567 g/mol. The van der Waals surface area contributed by atoms with Gasteiger partial charge >= 0.3 is 0 Å². The summed E-state index contributed by atoms with van der Waals surface area (Å²) in [4.78, 5) is 29.2. The van der Waals surface area contributed by atoms with Crippen LogP contribution in [0.25, 0.3) is 0 Å². The largest absolute Gasteiger partial charge is 0.352 e. The summed E-state index contributed by atoms with van der Waals surface area (Å²) in [6.45, 7) is 7.02. The summed E-state index contributed by atoms with van der Waals surface area (Å²) in [5.41, 5.74) is 3.49. The van der Waals surface area contributed by atoms with Crippen LogP contribution in [0.3, 0.4) is 0 Å². The molecule has 0 aliphatic carbocycles. The average Bonchev–Trinajstić information content (AvgIpc) is 2.91. The smallest absolute Gasteiger partial charge is 0.244 e. The fourth-order valence-electron chi connectivity index (χ4n) is 4.38. The quantitative estimate of drug-likeness (QED) is 0.342. The Morgan fingerprint density at radius 1 is 0.925 bits per heavy atom. The molecule has 0 saturated heterocycles. The second-order valence-corrected chi connectivity index (χ2v) is 12.1. The Hall–Kier alpha value is -3.72. The normalized spacial score (nSPS) is 12.8. The van der Waals surface area contributed by atoms with Gasteiger partial charge in [0.2, 0.25) is 21.8 Å². The van der Waals surface area contributed by atoms with Gasteiger partial charge in [-0.25, -0.2) is 12.8 Å². The molecule has 40 heavy (non-hydrogen) atoms. The summed E-state index contributed by atoms with van der Waals surface area (Å²) in [5.74, 6) is -1.31. The summed E-state index contributed by atoms with van der Waals surface area (Å²) in [6, 6.07) is 19.3. The minimum Gasteiger partial charge on any atom is -0.352 e. The van der Waals surface area contributed by atoms with E-state index in [9.17, 15) is 22.4 Å². The molecule has 0 fully saturated rings. The van der Waals surface area contributed by atoms with Crippen LogP contribution in [0.4, 0.5) is 10.1 Å². The second kappa shape index (κ2) is 13.6. The Kier molecular flexibility index (Phi) is 10.5. The van der Waals surface area contributed by atoms with Crippen molar-refractivity contribution in [1.82, 2.24) is 10.2 Å². The molecule has 3 rings (SSSR count). The molecule has 2 amide bonds. The first kappa shape index (κ1) is 30.8. The van der Waals surface area contributed by atoms with E-state index in [1.807, 2.05) is 57.2 Å². The Morgan fingerprint density at radius 2 is 1.57 bits per heavy atom. The minimum absolute atomic E-state index is 0.00502. The summed E-state index contributed by atoms with van der Waals surface area (Å²) in [6.07, 6.45) is 1.98. The number of hydrogen-bond acceptors (Lipinski definition) is 4. The van der Waals surface area contributed by atoms with Gasteiger partial charge in [-0.3, -0.25) is 13.9 Å². The first-order valence-electron chi connectivity index (χ1n) is 13.3. The third-order valence-corrected chi connectivity index (χ3v) is 8.19. The maximum absolute atomic E-state index is 14.1. The lowest BCUT2D eigenvalue weighted by Gasteiger charge is -2.34. The first-order chi connectivity index (χ1) is 18.9. The molecule has 3 aromatic rings. The van der Waals surface area contributed by atoms with Crippen molar-refractivity contribution in [3.8, 4) is 0 Å². The van der Waals surface area contributed by atoms with Gasteiger partial charge in [-0.2, -0.15) is 0 Å². The molecule has 0 bridgehead atoms. The maximum atomic E-state index is 14.1. The van der Waals surface area contributed by atoms with E-state index in [0.717, 1.165) is 27.3 Å². The number of sulfonamides is 1. The Bertz CT molecular complexity index is 1410. The molecule has 0 radical (unpaired) electrons. The molecule has 214 valence electrons. The number of aryl methyl sites for hydroxylation is 1. The van der Waals surface area contributed by atoms with E-state index in [1.165, 1.54) is 17.0 Å². The number of hydrogen-bond donors (Lipinski definition) is 1. The lowest BCUT2D eigenvalue weighted by molar-refractivity contribution is -0.140. The molecule has 0 heterocycles. The zero-order valence-electron chi connectivity index (χ0n) is 23.7. The SMILES string of the molecule is CC[C@H](C)NC(=O)[C@@H](Cc1ccccc1)N(Cc1ccc(F)cc1)C(=O)CN(c1cccc(C)c1C)S(C)(=O)=O. The van der Waals surface area contributed by atoms with E-state index in [0.29, 0.717) is 17.7 Å². The highest BCUT2D eigenvalue weighted by molar-refractivity contribution is 7.92. The predicted molar refractivity (Wildman–Crippen MR) is 157 cm³/mol. The van der Waals surface area contributed by atoms with E-state index in [2.05, 4.69) is 5.32 Å². The zero-order chi connectivity index (χ0) is 29.4. The number of rotatable bonds is 12. The molecule has 2 atom stereocenters. The van der Waals surface area contributed by atoms with Crippen LogP contribution < -0.4 is 9.62 Å². The summed E-state index contributed by atoms with van der Waals surface area (Å²) < 4.78 is 40.7. The topological polar surface area (TPSA) is 86.8 Å². The van der Waals surface area contributed by atoms with Crippen molar-refractivity contribution < 1.29 is 22.4 Å². The van der Waals surface area contributed by atoms with Gasteiger partial charge in [-0.1, -0.05) is 61.5 Å². The van der Waals surface area contributed by atoms with Crippen molar-refractivity contribution in [3.63, 3.8) is 0 Å². The van der Waals surface area contributed by atoms with Gasteiger partial charge in [0, 0.05) is 19.0 Å². The molecule has 7 nitrogen and oxygen atoms in total. The zero-order valence-corrected chi connectivity index (χ0v) is 24.5. The van der Waals surface area contributed by atoms with Gasteiger partial charge in [0.1, 0.15) is 18.4 Å². The van der Waals surface area contributed by atoms with Crippen LogP contribution in [-0.2, 0) is 32.6 Å². The van der Waals surface area contributed by atoms with Crippen molar-refractivity contribution in [1.29, 1.82) is 0 Å². The molecular formula is C31H38FN3O4S. The lowest BCUT2D eigenvalue weighted by atomic mass is 10.0. The van der Waals surface area contributed by atoms with Gasteiger partial charge in [0.25, 0.3) is 0 Å². The number of carbonyl (C=O) groups is 2. The molecule has 1 N–H and O–H groups in total. The van der Waals surface area contributed by atoms with Crippen LogP contribution >= 0.6 is 0 Å². The van der Waals surface area contributed by atoms with Crippen molar-refractivity contribution in [2.45, 2.75) is 59.2 Å². The Balaban J connectivity index is 2.08. The van der Waals surface area contributed by atoms with Gasteiger partial charge in [-0.05, 0) is 67.6 Å². The Morgan fingerprint density at radius 3 is 2.17 bits per heavy atom. The second-order valence-electron chi connectivity index (χ2n) is 10.2. The average molecular weight is 568 g/mol. The highest BCUT2D eigenvalue weighted by Gasteiger charge is 2.33. The number of anilines is 1. The third-order valence-electron chi connectivity index (χ3n) is 7.06. The van der Waals surface area contributed by atoms with Crippen molar-refractivity contribution >= 4 is 27.5 Å². The standard InChI is InChI=1S/C31H38FN3O4S/c1-6-23(3)33-31(37)29(19-25-12-8-7-9-13-25)34(20-26-15-17-27(32)18-16-26)30(36)21-35(40(5,38)39)28-14-10-11-22(2)24(28)4/h7-18,23,29H,6,19-21H2,1-5H3,(H,33,37)/t23-,29+/m0/s1. The Labute approximate surface area is 237 Å². The third kappa shape index (κ3) is 8.14. The summed E-state index contributed by atoms with van der Waals surface area (Å²) >= 11 is 0. The molecule has 0 unspecified atom stereocenters. The van der Waals surface area contributed by atoms with Crippen LogP contribution in [-0.4, -0.2) is 50.0 Å². The molecule has 0 spiro atoms. The van der Waals surface area contributed by atoms with Crippen molar-refractivity contribution in [3.05, 3.63) is 101 Å². The van der Waals surface area contributed by atoms with Crippen LogP contribution in [0.5, 0.6) is 0 Å². The van der Waals surface area contributed by atoms with Crippen LogP contribution in [0.15, 0.2) is 72.8 Å². The number of benzene rings is 3. The fraction of sp³-hybridized carbons (Fsp3) is 0.355. The summed E-state index contributed by atoms with van der Waals surface area (Å²) in [5, 5.41) is 2.99. The van der Waals surface area contributed by atoms with Gasteiger partial charge in [0.05, 0.1) is 11.9 Å². The molecule has 0 aliphatic heterocycles. The highest BCUT2D eigenvalue weighted by atomic mass is 32.2. The van der Waals surface area contributed by atoms with Crippen LogP contribution in [0, 0.1) is 19.7 Å². The van der Waals surface area contributed by atoms with E-state index < -0.39 is 34.3 Å². The molecule has 9 heteroatoms. The number of nitrogens with one attached hydrogen (secondary N) is 1. The van der Waals surface area contributed by atoms with Gasteiger partial charge < -0.3 is 10.2 Å². The molecule has 0 aliphatic rings. The fourth-order valence-corrected chi connectivity index (χ4v) is 5.28. The number of nitrogens with zero attached hydrogens (tertiary/aromatic N) is 2. The van der Waals surface area contributed by atoms with E-state index in [4.69, 9.17) is 0 Å². The van der Waals surface area contributed by atoms with Gasteiger partial charge in [-0.15, -0.1) is 0 Å². The lowest BCUT2D eigenvalue weighted by Crippen LogP contribution is -2.54. The van der Waals surface area contributed by atoms with Crippen LogP contribution in [0.2, 0.25) is 0 Å². The van der Waals surface area contributed by atoms with E-state index in [-0.39, 0.29) is 24.9 Å². The summed E-state index contributed by atoms with van der Waals surface area (Å²) in [7, 11) is -3.86. The molecule has 0 aromatic heterocycles. The number of carbonyl (C=O) groups excluding carboxylic acids is 2. The maximum Gasteiger partial charge on any atom is 0.244 e. The number of halogens is 1. The number of amides is 2. The van der Waals surface area contributed by atoms with Crippen molar-refractivity contribution in [2.24, 2.45) is 0 Å². The van der Waals surface area contributed by atoms with Crippen molar-refractivity contribution in [2.75, 3.05) is 17.1 Å². The van der Waals surface area contributed by atoms with Crippen LogP contribution in [0.1, 0.15) is 42.5 Å². The molecular weight excluding hydrogens is 529 g/mol. The van der Waals surface area contributed by atoms with Gasteiger partial charge in [0.15, 0.2) is 0 Å². The molecule has 3 aromatic carbocycles. The first-order valence-corrected chi connectivity index (χ1v) is 15.2. The molecule has 0 saturated carbocycles. The predicted octanol–water partition coefficient (Wildman–Crippen LogP) is 4.76. The van der Waals surface area contributed by atoms with E-state index in [1.54, 1.807) is 31.2 Å². The minimum atomic E-state index is -3.86. The highest BCUT2D eigenvalue weighted by Crippen LogP contribution is 2.26. The van der Waals surface area contributed by atoms with E-state index >= 15 is 0 Å².